The van der Waals surface area contributed by atoms with Gasteiger partial charge in [-0.1, -0.05) is 0 Å². The van der Waals surface area contributed by atoms with Crippen LogP contribution in [0, 0.1) is 0 Å². The summed E-state index contributed by atoms with van der Waals surface area (Å²) < 4.78 is 0.975. The van der Waals surface area contributed by atoms with Crippen LogP contribution in [0.5, 0.6) is 0 Å². The van der Waals surface area contributed by atoms with Gasteiger partial charge < -0.3 is 0 Å². The lowest BCUT2D eigenvalue weighted by atomic mass is 10.3. The Bertz CT molecular complexity index is 394. The van der Waals surface area contributed by atoms with Gasteiger partial charge in [0.15, 0.2) is 6.29 Å². The second-order valence-corrected chi connectivity index (χ2v) is 3.07. The maximum Gasteiger partial charge on any atom is 0.169 e. The van der Waals surface area contributed by atoms with Crippen molar-refractivity contribution in [3.8, 4) is 0 Å². The minimum Gasteiger partial charge on any atom is -0.296 e. The van der Waals surface area contributed by atoms with Crippen molar-refractivity contribution in [2.24, 2.45) is 0 Å². The summed E-state index contributed by atoms with van der Waals surface area (Å²) in [4.78, 5) is 14.4. The van der Waals surface area contributed by atoms with Crippen molar-refractivity contribution < 1.29 is 4.79 Å². The van der Waals surface area contributed by atoms with E-state index in [1.165, 1.54) is 0 Å². The molecule has 0 aliphatic rings. The van der Waals surface area contributed by atoms with Gasteiger partial charge in [0, 0.05) is 6.20 Å². The zero-order chi connectivity index (χ0) is 7.68. The molecule has 2 aromatic rings. The summed E-state index contributed by atoms with van der Waals surface area (Å²) in [6, 6.07) is 3.88. The molecule has 2 nitrogen and oxygen atoms in total. The third-order valence-electron chi connectivity index (χ3n) is 1.51. The largest absolute Gasteiger partial charge is 0.296 e. The molecule has 3 heteroatoms. The third kappa shape index (κ3) is 0.935. The number of aldehydes is 1. The number of rotatable bonds is 1. The van der Waals surface area contributed by atoms with Crippen LogP contribution in [0.3, 0.4) is 0 Å². The van der Waals surface area contributed by atoms with Crippen LogP contribution in [0.4, 0.5) is 0 Å². The van der Waals surface area contributed by atoms with E-state index in [2.05, 4.69) is 4.98 Å². The van der Waals surface area contributed by atoms with Crippen molar-refractivity contribution in [2.45, 2.75) is 0 Å². The monoisotopic (exact) mass is 163 g/mol. The van der Waals surface area contributed by atoms with E-state index in [4.69, 9.17) is 0 Å². The second-order valence-electron chi connectivity index (χ2n) is 2.15. The fourth-order valence-electron chi connectivity index (χ4n) is 0.999. The van der Waals surface area contributed by atoms with Gasteiger partial charge in [0.25, 0.3) is 0 Å². The van der Waals surface area contributed by atoms with Crippen LogP contribution in [0.2, 0.25) is 0 Å². The van der Waals surface area contributed by atoms with Crippen molar-refractivity contribution >= 4 is 27.7 Å². The van der Waals surface area contributed by atoms with E-state index >= 15 is 0 Å². The topological polar surface area (TPSA) is 30.0 Å². The van der Waals surface area contributed by atoms with E-state index in [0.717, 1.165) is 16.4 Å². The quantitative estimate of drug-likeness (QED) is 0.602. The first kappa shape index (κ1) is 6.49. The molecule has 54 valence electrons. The summed E-state index contributed by atoms with van der Waals surface area (Å²) in [5.74, 6) is 0. The molecular weight excluding hydrogens is 158 g/mol. The molecule has 2 heterocycles. The first-order valence-electron chi connectivity index (χ1n) is 3.19. The first-order chi connectivity index (χ1) is 5.42. The molecule has 0 saturated carbocycles. The van der Waals surface area contributed by atoms with Crippen molar-refractivity contribution in [1.82, 2.24) is 4.98 Å². The average Bonchev–Trinajstić information content (AvgIpc) is 2.50. The first-order valence-corrected chi connectivity index (χ1v) is 4.07. The highest BCUT2D eigenvalue weighted by Crippen LogP contribution is 2.21. The smallest absolute Gasteiger partial charge is 0.169 e. The highest BCUT2D eigenvalue weighted by Gasteiger charge is 2.00. The second kappa shape index (κ2) is 2.43. The number of pyridine rings is 1. The van der Waals surface area contributed by atoms with Gasteiger partial charge in [-0.05, 0) is 22.9 Å². The normalized spacial score (nSPS) is 10.2. The minimum absolute atomic E-state index is 0.539. The minimum atomic E-state index is 0.539. The summed E-state index contributed by atoms with van der Waals surface area (Å²) in [5.41, 5.74) is 0.539. The molecule has 0 unspecified atom stereocenters. The predicted molar refractivity (Wildman–Crippen MR) is 45.0 cm³/mol. The fraction of sp³-hybridized carbons (Fsp3) is 0. The van der Waals surface area contributed by atoms with Gasteiger partial charge in [-0.15, -0.1) is 11.3 Å². The van der Waals surface area contributed by atoms with Crippen molar-refractivity contribution in [1.29, 1.82) is 0 Å². The van der Waals surface area contributed by atoms with Crippen LogP contribution < -0.4 is 0 Å². The van der Waals surface area contributed by atoms with Gasteiger partial charge in [-0.3, -0.25) is 9.78 Å². The lowest BCUT2D eigenvalue weighted by Gasteiger charge is -1.89. The van der Waals surface area contributed by atoms with Gasteiger partial charge >= 0.3 is 0 Å². The number of carbonyl (C=O) groups excluding carboxylic acids is 1. The third-order valence-corrected chi connectivity index (χ3v) is 2.46. The molecule has 0 aliphatic heterocycles. The molecule has 0 N–H and O–H groups in total. The van der Waals surface area contributed by atoms with E-state index < -0.39 is 0 Å². The summed E-state index contributed by atoms with van der Waals surface area (Å²) in [7, 11) is 0. The van der Waals surface area contributed by atoms with Crippen LogP contribution in [0.1, 0.15) is 10.5 Å². The molecule has 11 heavy (non-hydrogen) atoms. The van der Waals surface area contributed by atoms with Crippen LogP contribution in [-0.4, -0.2) is 11.3 Å². The molecule has 0 atom stereocenters. The molecular formula is C8H5NOS. The zero-order valence-electron chi connectivity index (χ0n) is 5.65. The lowest BCUT2D eigenvalue weighted by Crippen LogP contribution is -1.83. The van der Waals surface area contributed by atoms with Gasteiger partial charge in [0.05, 0.1) is 4.70 Å². The fourth-order valence-corrected chi connectivity index (χ4v) is 1.84. The van der Waals surface area contributed by atoms with Crippen LogP contribution >= 0.6 is 11.3 Å². The van der Waals surface area contributed by atoms with Gasteiger partial charge in [0.1, 0.15) is 5.69 Å². The number of aromatic nitrogens is 1. The molecule has 2 aromatic heterocycles. The number of nitrogens with zero attached hydrogens (tertiary/aromatic N) is 1. The summed E-state index contributed by atoms with van der Waals surface area (Å²) in [5, 5.41) is 3.05. The Labute approximate surface area is 67.5 Å². The Kier molecular flexibility index (Phi) is 1.43. The highest BCUT2D eigenvalue weighted by molar-refractivity contribution is 7.17. The molecule has 0 bridgehead atoms. The number of fused-ring (bicyclic) bond motifs is 1. The maximum absolute atomic E-state index is 10.5. The van der Waals surface area contributed by atoms with Crippen LogP contribution in [0.15, 0.2) is 23.7 Å². The van der Waals surface area contributed by atoms with Gasteiger partial charge in [-0.2, -0.15) is 0 Å². The van der Waals surface area contributed by atoms with Gasteiger partial charge in [0.2, 0.25) is 0 Å². The SMILES string of the molecule is O=Cc1nccc2ccsc12. The molecule has 0 spiro atoms. The number of hydrogen-bond donors (Lipinski definition) is 0. The Morgan fingerprint density at radius 2 is 2.36 bits per heavy atom. The molecule has 0 amide bonds. The maximum atomic E-state index is 10.5. The lowest BCUT2D eigenvalue weighted by molar-refractivity contribution is 0.112. The zero-order valence-corrected chi connectivity index (χ0v) is 6.47. The molecule has 0 aromatic carbocycles. The Balaban J connectivity index is 2.88. The predicted octanol–water partition coefficient (Wildman–Crippen LogP) is 2.11. The number of thiophene rings is 1. The van der Waals surface area contributed by atoms with Crippen LogP contribution in [0.25, 0.3) is 10.1 Å². The Morgan fingerprint density at radius 3 is 3.18 bits per heavy atom. The molecule has 0 aliphatic carbocycles. The summed E-state index contributed by atoms with van der Waals surface area (Å²) in [6.45, 7) is 0. The average molecular weight is 163 g/mol. The molecule has 0 saturated heterocycles. The summed E-state index contributed by atoms with van der Waals surface area (Å²) >= 11 is 1.54. The van der Waals surface area contributed by atoms with E-state index in [1.807, 2.05) is 17.5 Å². The van der Waals surface area contributed by atoms with E-state index in [-0.39, 0.29) is 0 Å². The number of hydrogen-bond acceptors (Lipinski definition) is 3. The molecule has 0 fully saturated rings. The Hall–Kier alpha value is -1.22. The van der Waals surface area contributed by atoms with Crippen molar-refractivity contribution in [2.75, 3.05) is 0 Å². The van der Waals surface area contributed by atoms with E-state index in [9.17, 15) is 4.79 Å². The molecule has 0 radical (unpaired) electrons. The van der Waals surface area contributed by atoms with E-state index in [1.54, 1.807) is 17.5 Å². The number of carbonyl (C=O) groups is 1. The standard InChI is InChI=1S/C8H5NOS/c10-5-7-8-6(1-3-9-7)2-4-11-8/h1-5H. The van der Waals surface area contributed by atoms with Crippen molar-refractivity contribution in [3.05, 3.63) is 29.4 Å². The highest BCUT2D eigenvalue weighted by atomic mass is 32.1. The summed E-state index contributed by atoms with van der Waals surface area (Å²) in [6.07, 6.45) is 2.44. The van der Waals surface area contributed by atoms with Crippen LogP contribution in [-0.2, 0) is 0 Å². The molecule has 2 rings (SSSR count). The van der Waals surface area contributed by atoms with Crippen molar-refractivity contribution in [3.63, 3.8) is 0 Å². The van der Waals surface area contributed by atoms with Gasteiger partial charge in [-0.25, -0.2) is 0 Å². The Morgan fingerprint density at radius 1 is 1.45 bits per heavy atom. The van der Waals surface area contributed by atoms with E-state index in [0.29, 0.717) is 5.69 Å².